The van der Waals surface area contributed by atoms with Crippen molar-refractivity contribution in [1.29, 1.82) is 0 Å². The molecule has 6 nitrogen and oxygen atoms in total. The van der Waals surface area contributed by atoms with Crippen molar-refractivity contribution in [1.82, 2.24) is 15.0 Å². The summed E-state index contributed by atoms with van der Waals surface area (Å²) in [6.07, 6.45) is -2.36. The summed E-state index contributed by atoms with van der Waals surface area (Å²) in [5.41, 5.74) is -0.339. The minimum Gasteiger partial charge on any atom is -0.484 e. The monoisotopic (exact) mass is 481 g/mol. The molecule has 0 saturated carbocycles. The fourth-order valence-corrected chi connectivity index (χ4v) is 3.12. The Morgan fingerprint density at radius 2 is 1.79 bits per heavy atom. The standard InChI is InChI=1S/C23H23ClF3N3O3/c1-2-3-13-30(21(31)15-32-19-10-8-18(24)9-11-19)14-12-20-28-22(29-33-20)16-4-6-17(7-5-16)23(25,26)27/h4-11H,2-3,12-15H2,1H3. The van der Waals surface area contributed by atoms with Crippen molar-refractivity contribution in [2.45, 2.75) is 32.4 Å². The van der Waals surface area contributed by atoms with Crippen LogP contribution in [0.1, 0.15) is 31.2 Å². The van der Waals surface area contributed by atoms with Gasteiger partial charge in [0.2, 0.25) is 11.7 Å². The largest absolute Gasteiger partial charge is 0.484 e. The molecule has 0 fully saturated rings. The van der Waals surface area contributed by atoms with Gasteiger partial charge in [-0.2, -0.15) is 18.2 Å². The van der Waals surface area contributed by atoms with Gasteiger partial charge in [0.05, 0.1) is 5.56 Å². The SMILES string of the molecule is CCCCN(CCc1nc(-c2ccc(C(F)(F)F)cc2)no1)C(=O)COc1ccc(Cl)cc1. The molecule has 1 amide bonds. The molecule has 0 aliphatic heterocycles. The lowest BCUT2D eigenvalue weighted by Gasteiger charge is -2.22. The summed E-state index contributed by atoms with van der Waals surface area (Å²) in [5.74, 6) is 0.844. The molecule has 0 bridgehead atoms. The van der Waals surface area contributed by atoms with E-state index < -0.39 is 11.7 Å². The highest BCUT2D eigenvalue weighted by Gasteiger charge is 2.30. The zero-order valence-electron chi connectivity index (χ0n) is 17.9. The van der Waals surface area contributed by atoms with E-state index in [9.17, 15) is 18.0 Å². The molecule has 0 radical (unpaired) electrons. The molecule has 33 heavy (non-hydrogen) atoms. The van der Waals surface area contributed by atoms with Crippen LogP contribution in [0.25, 0.3) is 11.4 Å². The molecular weight excluding hydrogens is 459 g/mol. The number of halogens is 4. The smallest absolute Gasteiger partial charge is 0.416 e. The third kappa shape index (κ3) is 7.21. The number of carbonyl (C=O) groups is 1. The van der Waals surface area contributed by atoms with Gasteiger partial charge in [-0.15, -0.1) is 0 Å². The van der Waals surface area contributed by atoms with Crippen LogP contribution in [0, 0.1) is 0 Å². The Morgan fingerprint density at radius 3 is 2.42 bits per heavy atom. The Morgan fingerprint density at radius 1 is 1.09 bits per heavy atom. The van der Waals surface area contributed by atoms with Crippen LogP contribution >= 0.6 is 11.6 Å². The molecule has 3 aromatic rings. The van der Waals surface area contributed by atoms with Crippen LogP contribution in [0.5, 0.6) is 5.75 Å². The number of nitrogens with zero attached hydrogens (tertiary/aromatic N) is 3. The summed E-state index contributed by atoms with van der Waals surface area (Å²) >= 11 is 5.85. The Balaban J connectivity index is 1.58. The molecule has 3 rings (SSSR count). The third-order valence-corrected chi connectivity index (χ3v) is 5.10. The van der Waals surface area contributed by atoms with Crippen LogP contribution in [-0.2, 0) is 17.4 Å². The number of hydrogen-bond donors (Lipinski definition) is 0. The second-order valence-electron chi connectivity index (χ2n) is 7.31. The molecule has 176 valence electrons. The highest BCUT2D eigenvalue weighted by Crippen LogP contribution is 2.30. The number of alkyl halides is 3. The molecular formula is C23H23ClF3N3O3. The molecule has 1 heterocycles. The number of hydrogen-bond acceptors (Lipinski definition) is 5. The first kappa shape index (κ1) is 24.6. The number of unbranched alkanes of at least 4 members (excludes halogenated alkanes) is 1. The molecule has 0 atom stereocenters. The average Bonchev–Trinajstić information content (AvgIpc) is 3.27. The first-order chi connectivity index (χ1) is 15.8. The lowest BCUT2D eigenvalue weighted by atomic mass is 10.1. The second kappa shape index (κ2) is 11.2. The Kier molecular flexibility index (Phi) is 8.32. The molecule has 0 spiro atoms. The number of amides is 1. The second-order valence-corrected chi connectivity index (χ2v) is 7.75. The molecule has 1 aromatic heterocycles. The third-order valence-electron chi connectivity index (χ3n) is 4.84. The maximum Gasteiger partial charge on any atom is 0.416 e. The van der Waals surface area contributed by atoms with E-state index in [1.165, 1.54) is 12.1 Å². The number of carbonyl (C=O) groups excluding carboxylic acids is 1. The van der Waals surface area contributed by atoms with E-state index in [0.29, 0.717) is 35.8 Å². The highest BCUT2D eigenvalue weighted by atomic mass is 35.5. The van der Waals surface area contributed by atoms with Gasteiger partial charge in [-0.25, -0.2) is 0 Å². The van der Waals surface area contributed by atoms with Crippen molar-refractivity contribution in [3.63, 3.8) is 0 Å². The van der Waals surface area contributed by atoms with Crippen molar-refractivity contribution in [2.75, 3.05) is 19.7 Å². The molecule has 0 N–H and O–H groups in total. The van der Waals surface area contributed by atoms with Gasteiger partial charge in [-0.1, -0.05) is 42.2 Å². The maximum absolute atomic E-state index is 12.7. The topological polar surface area (TPSA) is 68.5 Å². The zero-order valence-corrected chi connectivity index (χ0v) is 18.7. The van der Waals surface area contributed by atoms with Gasteiger partial charge < -0.3 is 14.2 Å². The molecule has 10 heteroatoms. The summed E-state index contributed by atoms with van der Waals surface area (Å²) in [4.78, 5) is 18.6. The van der Waals surface area contributed by atoms with E-state index in [2.05, 4.69) is 10.1 Å². The first-order valence-electron chi connectivity index (χ1n) is 10.4. The quantitative estimate of drug-likeness (QED) is 0.374. The van der Waals surface area contributed by atoms with Gasteiger partial charge in [-0.05, 0) is 42.8 Å². The van der Waals surface area contributed by atoms with Crippen LogP contribution < -0.4 is 4.74 Å². The Hall–Kier alpha value is -3.07. The normalized spacial score (nSPS) is 11.4. The van der Waals surface area contributed by atoms with Crippen LogP contribution in [-0.4, -0.2) is 40.6 Å². The van der Waals surface area contributed by atoms with Gasteiger partial charge in [0.1, 0.15) is 5.75 Å². The van der Waals surface area contributed by atoms with Crippen LogP contribution in [0.3, 0.4) is 0 Å². The fraction of sp³-hybridized carbons (Fsp3) is 0.348. The maximum atomic E-state index is 12.7. The lowest BCUT2D eigenvalue weighted by Crippen LogP contribution is -2.37. The fourth-order valence-electron chi connectivity index (χ4n) is 2.99. The van der Waals surface area contributed by atoms with E-state index in [1.807, 2.05) is 6.92 Å². The van der Waals surface area contributed by atoms with Gasteiger partial charge >= 0.3 is 6.18 Å². The van der Waals surface area contributed by atoms with E-state index in [0.717, 1.165) is 25.0 Å². The van der Waals surface area contributed by atoms with Gasteiger partial charge in [-0.3, -0.25) is 4.79 Å². The number of rotatable bonds is 10. The first-order valence-corrected chi connectivity index (χ1v) is 10.8. The van der Waals surface area contributed by atoms with Crippen LogP contribution in [0.2, 0.25) is 5.02 Å². The highest BCUT2D eigenvalue weighted by molar-refractivity contribution is 6.30. The summed E-state index contributed by atoms with van der Waals surface area (Å²) in [5, 5.41) is 4.42. The van der Waals surface area contributed by atoms with E-state index in [4.69, 9.17) is 20.9 Å². The lowest BCUT2D eigenvalue weighted by molar-refractivity contribution is -0.137. The van der Waals surface area contributed by atoms with Gasteiger partial charge in [0, 0.05) is 30.1 Å². The predicted octanol–water partition coefficient (Wildman–Crippen LogP) is 5.66. The van der Waals surface area contributed by atoms with E-state index in [1.54, 1.807) is 29.2 Å². The summed E-state index contributed by atoms with van der Waals surface area (Å²) in [7, 11) is 0. The summed E-state index contributed by atoms with van der Waals surface area (Å²) < 4.78 is 49.0. The van der Waals surface area contributed by atoms with E-state index in [-0.39, 0.29) is 24.2 Å². The number of ether oxygens (including phenoxy) is 1. The van der Waals surface area contributed by atoms with E-state index >= 15 is 0 Å². The van der Waals surface area contributed by atoms with Crippen LogP contribution in [0.4, 0.5) is 13.2 Å². The van der Waals surface area contributed by atoms with Gasteiger partial charge in [0.15, 0.2) is 6.61 Å². The average molecular weight is 482 g/mol. The van der Waals surface area contributed by atoms with Crippen molar-refractivity contribution in [3.05, 3.63) is 65.0 Å². The predicted molar refractivity (Wildman–Crippen MR) is 117 cm³/mol. The minimum atomic E-state index is -4.41. The summed E-state index contributed by atoms with van der Waals surface area (Å²) in [6, 6.07) is 11.3. The zero-order chi connectivity index (χ0) is 23.8. The van der Waals surface area contributed by atoms with Gasteiger partial charge in [0.25, 0.3) is 5.91 Å². The molecule has 2 aromatic carbocycles. The Bertz CT molecular complexity index is 1040. The number of benzene rings is 2. The van der Waals surface area contributed by atoms with Crippen LogP contribution in [0.15, 0.2) is 53.1 Å². The Labute approximate surface area is 194 Å². The van der Waals surface area contributed by atoms with Crippen molar-refractivity contribution in [3.8, 4) is 17.1 Å². The summed E-state index contributed by atoms with van der Waals surface area (Å²) in [6.45, 7) is 2.81. The number of aromatic nitrogens is 2. The molecule has 0 aliphatic carbocycles. The van der Waals surface area contributed by atoms with Crippen molar-refractivity contribution in [2.24, 2.45) is 0 Å². The van der Waals surface area contributed by atoms with Crippen molar-refractivity contribution >= 4 is 17.5 Å². The minimum absolute atomic E-state index is 0.119. The molecule has 0 aliphatic rings. The molecule has 0 saturated heterocycles. The van der Waals surface area contributed by atoms with Crippen molar-refractivity contribution < 1.29 is 27.2 Å². The molecule has 0 unspecified atom stereocenters.